The van der Waals surface area contributed by atoms with Crippen molar-refractivity contribution < 1.29 is 9.21 Å². The monoisotopic (exact) mass is 317 g/mol. The normalized spacial score (nSPS) is 10.9. The van der Waals surface area contributed by atoms with Gasteiger partial charge in [-0.15, -0.1) is 0 Å². The molecule has 5 heteroatoms. The van der Waals surface area contributed by atoms with Crippen LogP contribution < -0.4 is 5.32 Å². The van der Waals surface area contributed by atoms with Gasteiger partial charge in [0.1, 0.15) is 6.33 Å². The van der Waals surface area contributed by atoms with E-state index in [-0.39, 0.29) is 5.91 Å². The van der Waals surface area contributed by atoms with Crippen LogP contribution in [0.2, 0.25) is 0 Å². The number of aromatic nitrogens is 2. The molecule has 4 aromatic rings. The zero-order valence-corrected chi connectivity index (χ0v) is 13.1. The number of nitrogens with one attached hydrogen (secondary N) is 1. The molecule has 1 N–H and O–H groups in total. The number of amides is 1. The molecule has 0 atom stereocenters. The lowest BCUT2D eigenvalue weighted by Gasteiger charge is -2.07. The lowest BCUT2D eigenvalue weighted by Crippen LogP contribution is -2.12. The molecule has 2 aromatic carbocycles. The van der Waals surface area contributed by atoms with Gasteiger partial charge in [-0.05, 0) is 49.4 Å². The number of carbonyl (C=O) groups excluding carboxylic acids is 1. The first-order valence-electron chi connectivity index (χ1n) is 7.60. The minimum absolute atomic E-state index is 0.252. The second kappa shape index (κ2) is 5.70. The third-order valence-electron chi connectivity index (χ3n) is 3.93. The van der Waals surface area contributed by atoms with Crippen LogP contribution in [-0.4, -0.2) is 15.5 Å². The Morgan fingerprint density at radius 2 is 1.88 bits per heavy atom. The molecule has 0 saturated heterocycles. The van der Waals surface area contributed by atoms with Gasteiger partial charge in [0.25, 0.3) is 5.91 Å². The van der Waals surface area contributed by atoms with E-state index in [1.807, 2.05) is 60.0 Å². The Hall–Kier alpha value is -3.34. The number of carbonyl (C=O) groups is 1. The molecule has 0 fully saturated rings. The van der Waals surface area contributed by atoms with Crippen molar-refractivity contribution in [3.05, 3.63) is 78.5 Å². The van der Waals surface area contributed by atoms with Crippen molar-refractivity contribution in [3.63, 3.8) is 0 Å². The topological polar surface area (TPSA) is 60.1 Å². The maximum Gasteiger partial charge on any atom is 0.291 e. The number of hydrogen-bond acceptors (Lipinski definition) is 3. The molecule has 1 amide bonds. The highest BCUT2D eigenvalue weighted by molar-refractivity contribution is 6.03. The molecule has 4 rings (SSSR count). The largest absolute Gasteiger partial charge is 0.459 e. The fourth-order valence-electron chi connectivity index (χ4n) is 2.66. The summed E-state index contributed by atoms with van der Waals surface area (Å²) >= 11 is 0. The number of imidazole rings is 1. The molecule has 24 heavy (non-hydrogen) atoms. The van der Waals surface area contributed by atoms with E-state index in [9.17, 15) is 4.79 Å². The van der Waals surface area contributed by atoms with Gasteiger partial charge in [-0.25, -0.2) is 4.98 Å². The SMILES string of the molecule is Cc1ccoc1C(=O)Nc1ccc(-n2cnc3ccccc32)cc1. The first-order valence-corrected chi connectivity index (χ1v) is 7.60. The maximum absolute atomic E-state index is 12.2. The van der Waals surface area contributed by atoms with E-state index in [0.717, 1.165) is 22.3 Å². The summed E-state index contributed by atoms with van der Waals surface area (Å²) in [7, 11) is 0. The van der Waals surface area contributed by atoms with Gasteiger partial charge in [0.05, 0.1) is 17.3 Å². The van der Waals surface area contributed by atoms with Crippen LogP contribution in [0, 0.1) is 6.92 Å². The molecule has 0 radical (unpaired) electrons. The summed E-state index contributed by atoms with van der Waals surface area (Å²) in [6.45, 7) is 1.84. The molecule has 2 aromatic heterocycles. The Morgan fingerprint density at radius 3 is 2.62 bits per heavy atom. The van der Waals surface area contributed by atoms with Gasteiger partial charge < -0.3 is 9.73 Å². The van der Waals surface area contributed by atoms with E-state index in [0.29, 0.717) is 11.4 Å². The number of aryl methyl sites for hydroxylation is 1. The zero-order valence-electron chi connectivity index (χ0n) is 13.1. The number of rotatable bonds is 3. The number of anilines is 1. The maximum atomic E-state index is 12.2. The summed E-state index contributed by atoms with van der Waals surface area (Å²) in [4.78, 5) is 16.6. The molecule has 0 aliphatic heterocycles. The molecule has 118 valence electrons. The minimum Gasteiger partial charge on any atom is -0.459 e. The summed E-state index contributed by atoms with van der Waals surface area (Å²) in [5.74, 6) is 0.0815. The number of fused-ring (bicyclic) bond motifs is 1. The quantitative estimate of drug-likeness (QED) is 0.616. The molecule has 0 aliphatic carbocycles. The van der Waals surface area contributed by atoms with Crippen LogP contribution in [0.3, 0.4) is 0 Å². The average Bonchev–Trinajstić information content (AvgIpc) is 3.22. The van der Waals surface area contributed by atoms with Crippen molar-refractivity contribution in [1.29, 1.82) is 0 Å². The van der Waals surface area contributed by atoms with Crippen molar-refractivity contribution in [2.75, 3.05) is 5.32 Å². The van der Waals surface area contributed by atoms with Crippen LogP contribution in [0.15, 0.2) is 71.6 Å². The molecular formula is C19H15N3O2. The van der Waals surface area contributed by atoms with Crippen molar-refractivity contribution in [2.24, 2.45) is 0 Å². The van der Waals surface area contributed by atoms with Gasteiger partial charge in [-0.3, -0.25) is 9.36 Å². The zero-order chi connectivity index (χ0) is 16.5. The highest BCUT2D eigenvalue weighted by Crippen LogP contribution is 2.20. The van der Waals surface area contributed by atoms with Crippen LogP contribution in [0.25, 0.3) is 16.7 Å². The standard InChI is InChI=1S/C19H15N3O2/c1-13-10-11-24-18(13)19(23)21-14-6-8-15(9-7-14)22-12-20-16-4-2-3-5-17(16)22/h2-12H,1H3,(H,21,23). The van der Waals surface area contributed by atoms with Crippen molar-refractivity contribution in [2.45, 2.75) is 6.92 Å². The van der Waals surface area contributed by atoms with Gasteiger partial charge in [0.2, 0.25) is 0 Å². The number of benzene rings is 2. The number of para-hydroxylation sites is 2. The lowest BCUT2D eigenvalue weighted by atomic mass is 10.2. The predicted molar refractivity (Wildman–Crippen MR) is 92.5 cm³/mol. The Kier molecular flexibility index (Phi) is 3.39. The van der Waals surface area contributed by atoms with E-state index in [2.05, 4.69) is 10.3 Å². The van der Waals surface area contributed by atoms with Crippen LogP contribution in [0.1, 0.15) is 16.1 Å². The third-order valence-corrected chi connectivity index (χ3v) is 3.93. The summed E-state index contributed by atoms with van der Waals surface area (Å²) in [5.41, 5.74) is 4.50. The second-order valence-electron chi connectivity index (χ2n) is 5.54. The van der Waals surface area contributed by atoms with Crippen LogP contribution in [-0.2, 0) is 0 Å². The number of furan rings is 1. The third kappa shape index (κ3) is 2.46. The summed E-state index contributed by atoms with van der Waals surface area (Å²) < 4.78 is 7.22. The summed E-state index contributed by atoms with van der Waals surface area (Å²) in [6.07, 6.45) is 3.31. The summed E-state index contributed by atoms with van der Waals surface area (Å²) in [5, 5.41) is 2.84. The van der Waals surface area contributed by atoms with E-state index in [4.69, 9.17) is 4.42 Å². The van der Waals surface area contributed by atoms with Crippen LogP contribution in [0.4, 0.5) is 5.69 Å². The molecule has 0 saturated carbocycles. The fraction of sp³-hybridized carbons (Fsp3) is 0.0526. The minimum atomic E-state index is -0.252. The molecule has 0 aliphatic rings. The van der Waals surface area contributed by atoms with Gasteiger partial charge >= 0.3 is 0 Å². The molecule has 5 nitrogen and oxygen atoms in total. The first kappa shape index (κ1) is 14.3. The van der Waals surface area contributed by atoms with Gasteiger partial charge in [0, 0.05) is 16.9 Å². The van der Waals surface area contributed by atoms with Gasteiger partial charge in [0.15, 0.2) is 5.76 Å². The van der Waals surface area contributed by atoms with Gasteiger partial charge in [-0.1, -0.05) is 12.1 Å². The average molecular weight is 317 g/mol. The summed E-state index contributed by atoms with van der Waals surface area (Å²) in [6, 6.07) is 17.3. The second-order valence-corrected chi connectivity index (χ2v) is 5.54. The van der Waals surface area contributed by atoms with Crippen LogP contribution in [0.5, 0.6) is 0 Å². The highest BCUT2D eigenvalue weighted by Gasteiger charge is 2.12. The lowest BCUT2D eigenvalue weighted by molar-refractivity contribution is 0.0996. The highest BCUT2D eigenvalue weighted by atomic mass is 16.3. The van der Waals surface area contributed by atoms with Crippen molar-refractivity contribution >= 4 is 22.6 Å². The first-order chi connectivity index (χ1) is 11.7. The Balaban J connectivity index is 1.59. The predicted octanol–water partition coefficient (Wildman–Crippen LogP) is 4.18. The molecule has 0 unspecified atom stereocenters. The van der Waals surface area contributed by atoms with Gasteiger partial charge in [-0.2, -0.15) is 0 Å². The number of hydrogen-bond donors (Lipinski definition) is 1. The van der Waals surface area contributed by atoms with E-state index >= 15 is 0 Å². The molecule has 0 bridgehead atoms. The Bertz CT molecular complexity index is 1010. The Labute approximate surface area is 138 Å². The fourth-order valence-corrected chi connectivity index (χ4v) is 2.66. The molecule has 0 spiro atoms. The molecule has 2 heterocycles. The Morgan fingerprint density at radius 1 is 1.08 bits per heavy atom. The van der Waals surface area contributed by atoms with E-state index < -0.39 is 0 Å². The van der Waals surface area contributed by atoms with Crippen LogP contribution >= 0.6 is 0 Å². The molecular weight excluding hydrogens is 302 g/mol. The van der Waals surface area contributed by atoms with Crippen molar-refractivity contribution in [3.8, 4) is 5.69 Å². The van der Waals surface area contributed by atoms with E-state index in [1.54, 1.807) is 12.4 Å². The number of nitrogens with zero attached hydrogens (tertiary/aromatic N) is 2. The smallest absolute Gasteiger partial charge is 0.291 e. The van der Waals surface area contributed by atoms with Crippen molar-refractivity contribution in [1.82, 2.24) is 9.55 Å². The van der Waals surface area contributed by atoms with E-state index in [1.165, 1.54) is 6.26 Å².